The molecule has 2 rings (SSSR count). The molecule has 0 nitrogen and oxygen atoms in total. The lowest BCUT2D eigenvalue weighted by molar-refractivity contribution is 0.990. The predicted molar refractivity (Wildman–Crippen MR) is 91.5 cm³/mol. The molecule has 0 heterocycles. The van der Waals surface area contributed by atoms with Gasteiger partial charge in [-0.05, 0) is 24.0 Å². The highest BCUT2D eigenvalue weighted by Crippen LogP contribution is 2.11. The lowest BCUT2D eigenvalue weighted by Crippen LogP contribution is -1.77. The number of hydrogen-bond acceptors (Lipinski definition) is 0. The van der Waals surface area contributed by atoms with E-state index in [4.69, 9.17) is 0 Å². The van der Waals surface area contributed by atoms with Crippen molar-refractivity contribution in [1.29, 1.82) is 0 Å². The summed E-state index contributed by atoms with van der Waals surface area (Å²) in [6.07, 6.45) is 6.43. The van der Waals surface area contributed by atoms with E-state index in [1.54, 1.807) is 0 Å². The molecule has 0 atom stereocenters. The van der Waals surface area contributed by atoms with Gasteiger partial charge >= 0.3 is 0 Å². The van der Waals surface area contributed by atoms with Crippen LogP contribution in [0.5, 0.6) is 0 Å². The van der Waals surface area contributed by atoms with Crippen LogP contribution in [0.4, 0.5) is 0 Å². The Kier molecular flexibility index (Phi) is 7.83. The standard InChI is InChI=1S/C12H16.C8H8/c1-3-11(4-2)10-12-8-6-5-7-9-12;1-2-8-6-4-3-5-7-8/h5-10H,3-4H2,1-2H3;2-7H,1H2. The van der Waals surface area contributed by atoms with Crippen LogP contribution < -0.4 is 0 Å². The second-order valence-electron chi connectivity index (χ2n) is 4.54. The third-order valence-electron chi connectivity index (χ3n) is 3.11. The van der Waals surface area contributed by atoms with Gasteiger partial charge in [0.25, 0.3) is 0 Å². The fourth-order valence-corrected chi connectivity index (χ4v) is 1.83. The summed E-state index contributed by atoms with van der Waals surface area (Å²) < 4.78 is 0. The van der Waals surface area contributed by atoms with Crippen LogP contribution in [0.15, 0.2) is 72.8 Å². The topological polar surface area (TPSA) is 0 Å². The third-order valence-corrected chi connectivity index (χ3v) is 3.11. The number of benzene rings is 2. The maximum absolute atomic E-state index is 3.63. The van der Waals surface area contributed by atoms with Crippen molar-refractivity contribution in [2.45, 2.75) is 26.7 Å². The molecule has 0 aliphatic heterocycles. The van der Waals surface area contributed by atoms with Crippen molar-refractivity contribution >= 4 is 12.2 Å². The Bertz CT molecular complexity index is 500. The van der Waals surface area contributed by atoms with Crippen LogP contribution in [0.2, 0.25) is 0 Å². The zero-order chi connectivity index (χ0) is 14.6. The van der Waals surface area contributed by atoms with E-state index < -0.39 is 0 Å². The molecule has 20 heavy (non-hydrogen) atoms. The summed E-state index contributed by atoms with van der Waals surface area (Å²) in [6.45, 7) is 8.04. The molecule has 0 heteroatoms. The molecule has 0 unspecified atom stereocenters. The number of hydrogen-bond donors (Lipinski definition) is 0. The SMILES string of the molecule is C=Cc1ccccc1.CCC(=Cc1ccccc1)CC. The summed E-state index contributed by atoms with van der Waals surface area (Å²) in [4.78, 5) is 0. The Hall–Kier alpha value is -2.08. The predicted octanol–water partition coefficient (Wildman–Crippen LogP) is 6.22. The van der Waals surface area contributed by atoms with E-state index in [9.17, 15) is 0 Å². The van der Waals surface area contributed by atoms with Gasteiger partial charge in [-0.15, -0.1) is 0 Å². The maximum atomic E-state index is 3.63. The summed E-state index contributed by atoms with van der Waals surface area (Å²) in [5, 5.41) is 0. The van der Waals surface area contributed by atoms with Gasteiger partial charge in [-0.3, -0.25) is 0 Å². The number of rotatable bonds is 4. The average molecular weight is 264 g/mol. The highest BCUT2D eigenvalue weighted by atomic mass is 14.0. The van der Waals surface area contributed by atoms with Gasteiger partial charge in [-0.2, -0.15) is 0 Å². The van der Waals surface area contributed by atoms with E-state index in [1.165, 1.54) is 16.7 Å². The lowest BCUT2D eigenvalue weighted by Gasteiger charge is -1.99. The molecule has 0 amide bonds. The zero-order valence-corrected chi connectivity index (χ0v) is 12.5. The quantitative estimate of drug-likeness (QED) is 0.615. The van der Waals surface area contributed by atoms with Gasteiger partial charge in [0, 0.05) is 0 Å². The summed E-state index contributed by atoms with van der Waals surface area (Å²) in [7, 11) is 0. The second kappa shape index (κ2) is 9.80. The van der Waals surface area contributed by atoms with Crippen molar-refractivity contribution in [3.8, 4) is 0 Å². The van der Waals surface area contributed by atoms with Crippen LogP contribution in [-0.2, 0) is 0 Å². The zero-order valence-electron chi connectivity index (χ0n) is 12.5. The first-order chi connectivity index (χ1) is 9.80. The van der Waals surface area contributed by atoms with Crippen molar-refractivity contribution in [1.82, 2.24) is 0 Å². The fourth-order valence-electron chi connectivity index (χ4n) is 1.83. The Morgan fingerprint density at radius 1 is 0.800 bits per heavy atom. The van der Waals surface area contributed by atoms with Crippen molar-refractivity contribution in [2.75, 3.05) is 0 Å². The molecule has 0 fully saturated rings. The monoisotopic (exact) mass is 264 g/mol. The molecule has 0 saturated carbocycles. The molecule has 0 spiro atoms. The minimum atomic E-state index is 1.16. The molecule has 0 aliphatic carbocycles. The Balaban J connectivity index is 0.000000217. The Morgan fingerprint density at radius 2 is 1.25 bits per heavy atom. The van der Waals surface area contributed by atoms with E-state index in [0.717, 1.165) is 12.8 Å². The van der Waals surface area contributed by atoms with Crippen LogP contribution in [0.25, 0.3) is 12.2 Å². The van der Waals surface area contributed by atoms with Crippen LogP contribution in [0, 0.1) is 0 Å². The Labute approximate surface area is 123 Å². The first-order valence-corrected chi connectivity index (χ1v) is 7.22. The molecule has 2 aromatic rings. The molecule has 0 saturated heterocycles. The van der Waals surface area contributed by atoms with Gasteiger partial charge in [0.15, 0.2) is 0 Å². The van der Waals surface area contributed by atoms with Gasteiger partial charge in [-0.1, -0.05) is 98.8 Å². The van der Waals surface area contributed by atoms with E-state index in [1.807, 2.05) is 36.4 Å². The highest BCUT2D eigenvalue weighted by Gasteiger charge is 1.90. The maximum Gasteiger partial charge on any atom is -0.0257 e. The van der Waals surface area contributed by atoms with Crippen LogP contribution in [0.3, 0.4) is 0 Å². The molecule has 0 aromatic heterocycles. The first kappa shape index (κ1) is 16.0. The van der Waals surface area contributed by atoms with E-state index in [-0.39, 0.29) is 0 Å². The van der Waals surface area contributed by atoms with Gasteiger partial charge in [0.2, 0.25) is 0 Å². The van der Waals surface area contributed by atoms with Crippen LogP contribution in [-0.4, -0.2) is 0 Å². The van der Waals surface area contributed by atoms with E-state index in [0.29, 0.717) is 0 Å². The average Bonchev–Trinajstić information content (AvgIpc) is 2.55. The van der Waals surface area contributed by atoms with E-state index >= 15 is 0 Å². The van der Waals surface area contributed by atoms with Crippen molar-refractivity contribution in [3.05, 3.63) is 83.9 Å². The van der Waals surface area contributed by atoms with Gasteiger partial charge < -0.3 is 0 Å². The molecule has 0 radical (unpaired) electrons. The smallest absolute Gasteiger partial charge is 0.0257 e. The molecule has 2 aromatic carbocycles. The molecule has 0 N–H and O–H groups in total. The molecular formula is C20H24. The molecular weight excluding hydrogens is 240 g/mol. The summed E-state index contributed by atoms with van der Waals surface area (Å²) in [5.74, 6) is 0. The summed E-state index contributed by atoms with van der Waals surface area (Å²) in [6, 6.07) is 20.5. The first-order valence-electron chi connectivity index (χ1n) is 7.22. The largest absolute Gasteiger partial charge is 0.0985 e. The Morgan fingerprint density at radius 3 is 1.60 bits per heavy atom. The summed E-state index contributed by atoms with van der Waals surface area (Å²) >= 11 is 0. The van der Waals surface area contributed by atoms with Crippen molar-refractivity contribution in [3.63, 3.8) is 0 Å². The molecule has 104 valence electrons. The highest BCUT2D eigenvalue weighted by molar-refractivity contribution is 5.52. The van der Waals surface area contributed by atoms with Gasteiger partial charge in [0.05, 0.1) is 0 Å². The van der Waals surface area contributed by atoms with Crippen molar-refractivity contribution in [2.24, 2.45) is 0 Å². The molecule has 0 aliphatic rings. The minimum Gasteiger partial charge on any atom is -0.0985 e. The second-order valence-corrected chi connectivity index (χ2v) is 4.54. The fraction of sp³-hybridized carbons (Fsp3) is 0.200. The van der Waals surface area contributed by atoms with Gasteiger partial charge in [0.1, 0.15) is 0 Å². The van der Waals surface area contributed by atoms with Gasteiger partial charge in [-0.25, -0.2) is 0 Å². The lowest BCUT2D eigenvalue weighted by atomic mass is 10.1. The van der Waals surface area contributed by atoms with Crippen molar-refractivity contribution < 1.29 is 0 Å². The third kappa shape index (κ3) is 6.19. The summed E-state index contributed by atoms with van der Waals surface area (Å²) in [5.41, 5.74) is 4.00. The van der Waals surface area contributed by atoms with Crippen LogP contribution >= 0.6 is 0 Å². The molecule has 0 bridgehead atoms. The van der Waals surface area contributed by atoms with Crippen LogP contribution in [0.1, 0.15) is 37.8 Å². The minimum absolute atomic E-state index is 1.16. The number of allylic oxidation sites excluding steroid dienone is 1. The normalized spacial score (nSPS) is 9.10. The van der Waals surface area contributed by atoms with E-state index in [2.05, 4.69) is 56.8 Å².